The number of likely N-dealkylation sites (N-methyl/N-ethyl adjacent to an activating group) is 1. The molecule has 1 saturated heterocycles. The van der Waals surface area contributed by atoms with Crippen molar-refractivity contribution in [1.82, 2.24) is 9.80 Å². The molecule has 1 aliphatic rings. The number of ether oxygens (including phenoxy) is 1. The van der Waals surface area contributed by atoms with Gasteiger partial charge in [-0.3, -0.25) is 9.69 Å². The fourth-order valence-electron chi connectivity index (χ4n) is 2.82. The van der Waals surface area contributed by atoms with Gasteiger partial charge >= 0.3 is 0 Å². The lowest BCUT2D eigenvalue weighted by Crippen LogP contribution is -2.40. The third-order valence-corrected chi connectivity index (χ3v) is 3.99. The van der Waals surface area contributed by atoms with Gasteiger partial charge in [-0.1, -0.05) is 0 Å². The van der Waals surface area contributed by atoms with Gasteiger partial charge in [-0.05, 0) is 45.1 Å². The topological polar surface area (TPSA) is 32.8 Å². The van der Waals surface area contributed by atoms with Gasteiger partial charge in [0, 0.05) is 19.1 Å². The summed E-state index contributed by atoms with van der Waals surface area (Å²) in [7, 11) is 3.59. The van der Waals surface area contributed by atoms with E-state index in [9.17, 15) is 9.18 Å². The molecule has 1 heterocycles. The maximum Gasteiger partial charge on any atom is 0.180 e. The van der Waals surface area contributed by atoms with Crippen molar-refractivity contribution >= 4 is 5.78 Å². The highest BCUT2D eigenvalue weighted by molar-refractivity contribution is 6.00. The number of carbonyl (C=O) groups is 1. The molecule has 0 aromatic heterocycles. The number of nitrogens with zero attached hydrogens (tertiary/aromatic N) is 2. The molecule has 1 aliphatic heterocycles. The minimum absolute atomic E-state index is 0.0947. The Kier molecular flexibility index (Phi) is 5.31. The van der Waals surface area contributed by atoms with Crippen LogP contribution in [-0.4, -0.2) is 62.0 Å². The van der Waals surface area contributed by atoms with Crippen LogP contribution in [0.1, 0.15) is 23.7 Å². The van der Waals surface area contributed by atoms with Crippen LogP contribution in [0.4, 0.5) is 4.39 Å². The molecule has 1 aromatic rings. The average Bonchev–Trinajstić information content (AvgIpc) is 2.60. The summed E-state index contributed by atoms with van der Waals surface area (Å²) in [5, 5.41) is 0. The van der Waals surface area contributed by atoms with Crippen molar-refractivity contribution in [1.29, 1.82) is 0 Å². The lowest BCUT2D eigenvalue weighted by atomic mass is 10.1. The summed E-state index contributed by atoms with van der Waals surface area (Å²) >= 11 is 0. The number of carbonyl (C=O) groups excluding carboxylic acids is 1. The third-order valence-electron chi connectivity index (χ3n) is 3.99. The zero-order chi connectivity index (χ0) is 15.4. The Morgan fingerprint density at radius 2 is 2.19 bits per heavy atom. The van der Waals surface area contributed by atoms with E-state index in [1.165, 1.54) is 25.3 Å². The molecule has 4 nitrogen and oxygen atoms in total. The van der Waals surface area contributed by atoms with Crippen LogP contribution in [0.25, 0.3) is 0 Å². The second kappa shape index (κ2) is 7.00. The number of halogens is 1. The van der Waals surface area contributed by atoms with Crippen LogP contribution in [0.15, 0.2) is 18.2 Å². The van der Waals surface area contributed by atoms with E-state index in [0.717, 1.165) is 26.1 Å². The Morgan fingerprint density at radius 3 is 2.90 bits per heavy atom. The summed E-state index contributed by atoms with van der Waals surface area (Å²) < 4.78 is 18.6. The Balaban J connectivity index is 2.12. The van der Waals surface area contributed by atoms with Crippen LogP contribution in [0.3, 0.4) is 0 Å². The van der Waals surface area contributed by atoms with E-state index in [4.69, 9.17) is 4.74 Å². The Hall–Kier alpha value is -1.46. The minimum atomic E-state index is -0.414. The van der Waals surface area contributed by atoms with E-state index in [0.29, 0.717) is 23.9 Å². The van der Waals surface area contributed by atoms with Crippen LogP contribution < -0.4 is 4.74 Å². The predicted molar refractivity (Wildman–Crippen MR) is 80.4 cm³/mol. The van der Waals surface area contributed by atoms with E-state index >= 15 is 0 Å². The van der Waals surface area contributed by atoms with Crippen LogP contribution >= 0.6 is 0 Å². The predicted octanol–water partition coefficient (Wildman–Crippen LogP) is 2.04. The fraction of sp³-hybridized carbons (Fsp3) is 0.562. The van der Waals surface area contributed by atoms with Crippen molar-refractivity contribution in [2.45, 2.75) is 19.4 Å². The first kappa shape index (κ1) is 15.9. The Labute approximate surface area is 125 Å². The molecule has 0 saturated carbocycles. The molecule has 0 spiro atoms. The number of hydrogen-bond donors (Lipinski definition) is 0. The van der Waals surface area contributed by atoms with Gasteiger partial charge in [-0.25, -0.2) is 4.39 Å². The average molecular weight is 294 g/mol. The standard InChI is InChI=1S/C16H23FN2O2/c1-12-10-18(2)7-4-8-19(12)11-15(20)14-9-13(17)5-6-16(14)21-3/h5-6,9,12H,4,7-8,10-11H2,1-3H3. The molecule has 21 heavy (non-hydrogen) atoms. The zero-order valence-electron chi connectivity index (χ0n) is 12.9. The van der Waals surface area contributed by atoms with Crippen molar-refractivity contribution in [3.63, 3.8) is 0 Å². The van der Waals surface area contributed by atoms with Gasteiger partial charge in [0.15, 0.2) is 5.78 Å². The van der Waals surface area contributed by atoms with E-state index < -0.39 is 5.82 Å². The van der Waals surface area contributed by atoms with E-state index in [1.54, 1.807) is 0 Å². The Bertz CT molecular complexity index is 507. The normalized spacial score (nSPS) is 21.0. The second-order valence-corrected chi connectivity index (χ2v) is 5.70. The number of benzene rings is 1. The molecule has 1 unspecified atom stereocenters. The molecule has 5 heteroatoms. The molecule has 2 rings (SSSR count). The number of methoxy groups -OCH3 is 1. The van der Waals surface area contributed by atoms with Gasteiger partial charge in [0.1, 0.15) is 11.6 Å². The van der Waals surface area contributed by atoms with Crippen LogP contribution in [0, 0.1) is 5.82 Å². The number of hydrogen-bond acceptors (Lipinski definition) is 4. The molecular weight excluding hydrogens is 271 g/mol. The number of Topliss-reactive ketones (excluding diaryl/α,β-unsaturated/α-hetero) is 1. The second-order valence-electron chi connectivity index (χ2n) is 5.70. The van der Waals surface area contributed by atoms with Gasteiger partial charge < -0.3 is 9.64 Å². The fourth-order valence-corrected chi connectivity index (χ4v) is 2.82. The summed E-state index contributed by atoms with van der Waals surface area (Å²) in [4.78, 5) is 16.9. The van der Waals surface area contributed by atoms with Crippen molar-refractivity contribution in [3.8, 4) is 5.75 Å². The lowest BCUT2D eigenvalue weighted by Gasteiger charge is -2.27. The molecule has 0 bridgehead atoms. The quantitative estimate of drug-likeness (QED) is 0.796. The van der Waals surface area contributed by atoms with E-state index in [-0.39, 0.29) is 5.78 Å². The highest BCUT2D eigenvalue weighted by atomic mass is 19.1. The molecule has 1 aromatic carbocycles. The molecule has 0 amide bonds. The molecule has 0 aliphatic carbocycles. The van der Waals surface area contributed by atoms with Crippen molar-refractivity contribution in [2.75, 3.05) is 40.3 Å². The maximum absolute atomic E-state index is 13.4. The molecular formula is C16H23FN2O2. The summed E-state index contributed by atoms with van der Waals surface area (Å²) in [6.07, 6.45) is 1.04. The first-order valence-electron chi connectivity index (χ1n) is 7.30. The molecule has 1 atom stereocenters. The van der Waals surface area contributed by atoms with Gasteiger partial charge in [0.05, 0.1) is 19.2 Å². The van der Waals surface area contributed by atoms with Crippen LogP contribution in [-0.2, 0) is 0 Å². The molecule has 1 fully saturated rings. The maximum atomic E-state index is 13.4. The molecule has 0 radical (unpaired) electrons. The number of rotatable bonds is 4. The molecule has 116 valence electrons. The summed E-state index contributed by atoms with van der Waals surface area (Å²) in [5.41, 5.74) is 0.322. The SMILES string of the molecule is COc1ccc(F)cc1C(=O)CN1CCCN(C)CC1C. The highest BCUT2D eigenvalue weighted by Gasteiger charge is 2.23. The number of ketones is 1. The van der Waals surface area contributed by atoms with Crippen LogP contribution in [0.2, 0.25) is 0 Å². The smallest absolute Gasteiger partial charge is 0.180 e. The Morgan fingerprint density at radius 1 is 1.43 bits per heavy atom. The van der Waals surface area contributed by atoms with Crippen molar-refractivity contribution in [3.05, 3.63) is 29.6 Å². The zero-order valence-corrected chi connectivity index (χ0v) is 12.9. The minimum Gasteiger partial charge on any atom is -0.496 e. The lowest BCUT2D eigenvalue weighted by molar-refractivity contribution is 0.0897. The van der Waals surface area contributed by atoms with E-state index in [1.807, 2.05) is 0 Å². The monoisotopic (exact) mass is 294 g/mol. The summed E-state index contributed by atoms with van der Waals surface area (Å²) in [6, 6.07) is 4.37. The van der Waals surface area contributed by atoms with Gasteiger partial charge in [-0.15, -0.1) is 0 Å². The van der Waals surface area contributed by atoms with Gasteiger partial charge in [0.25, 0.3) is 0 Å². The van der Waals surface area contributed by atoms with Gasteiger partial charge in [0.2, 0.25) is 0 Å². The third kappa shape index (κ3) is 4.02. The van der Waals surface area contributed by atoms with Crippen LogP contribution in [0.5, 0.6) is 5.75 Å². The van der Waals surface area contributed by atoms with E-state index in [2.05, 4.69) is 23.8 Å². The first-order valence-corrected chi connectivity index (χ1v) is 7.30. The first-order chi connectivity index (χ1) is 10.0. The summed E-state index contributed by atoms with van der Waals surface area (Å²) in [5.74, 6) is -0.0773. The molecule has 0 N–H and O–H groups in total. The largest absolute Gasteiger partial charge is 0.496 e. The van der Waals surface area contributed by atoms with Crippen molar-refractivity contribution in [2.24, 2.45) is 0 Å². The van der Waals surface area contributed by atoms with Crippen molar-refractivity contribution < 1.29 is 13.9 Å². The summed E-state index contributed by atoms with van der Waals surface area (Å²) in [6.45, 7) is 5.29. The van der Waals surface area contributed by atoms with Gasteiger partial charge in [-0.2, -0.15) is 0 Å². The highest BCUT2D eigenvalue weighted by Crippen LogP contribution is 2.21.